The van der Waals surface area contributed by atoms with Crippen molar-refractivity contribution in [2.24, 2.45) is 0 Å². The first-order valence-corrected chi connectivity index (χ1v) is 8.37. The average Bonchev–Trinajstić information content (AvgIpc) is 3.20. The summed E-state index contributed by atoms with van der Waals surface area (Å²) in [6.07, 6.45) is 3.38. The Morgan fingerprint density at radius 2 is 2.00 bits per heavy atom. The lowest BCUT2D eigenvalue weighted by atomic mass is 10.1. The van der Waals surface area contributed by atoms with Gasteiger partial charge in [0.05, 0.1) is 16.1 Å². The number of rotatable bonds is 4. The van der Waals surface area contributed by atoms with Crippen molar-refractivity contribution in [3.8, 4) is 0 Å². The number of furan rings is 1. The molecule has 3 rings (SSSR count). The van der Waals surface area contributed by atoms with Gasteiger partial charge in [0.2, 0.25) is 0 Å². The molecule has 2 aromatic heterocycles. The van der Waals surface area contributed by atoms with E-state index in [-0.39, 0.29) is 23.6 Å². The van der Waals surface area contributed by atoms with Crippen LogP contribution in [-0.4, -0.2) is 42.9 Å². The molecule has 0 unspecified atom stereocenters. The maximum absolute atomic E-state index is 12.3. The summed E-state index contributed by atoms with van der Waals surface area (Å²) >= 11 is 1.26. The molecule has 1 fully saturated rings. The number of nitrogens with zero attached hydrogens (tertiary/aromatic N) is 1. The largest absolute Gasteiger partial charge is 0.459 e. The minimum absolute atomic E-state index is 0.0805. The third-order valence-corrected chi connectivity index (χ3v) is 4.86. The number of piperidine rings is 1. The van der Waals surface area contributed by atoms with Crippen LogP contribution in [0.5, 0.6) is 0 Å². The van der Waals surface area contributed by atoms with E-state index in [1.54, 1.807) is 24.3 Å². The maximum Gasteiger partial charge on any atom is 0.291 e. The molecule has 0 spiro atoms. The summed E-state index contributed by atoms with van der Waals surface area (Å²) in [6, 6.07) is 6.93. The Balaban J connectivity index is 1.56. The number of nitrogens with one attached hydrogen (secondary N) is 2. The quantitative estimate of drug-likeness (QED) is 0.901. The third kappa shape index (κ3) is 4.00. The highest BCUT2D eigenvalue weighted by Gasteiger charge is 2.20. The predicted molar refractivity (Wildman–Crippen MR) is 89.0 cm³/mol. The van der Waals surface area contributed by atoms with E-state index in [0.717, 1.165) is 25.9 Å². The van der Waals surface area contributed by atoms with Gasteiger partial charge < -0.3 is 20.0 Å². The lowest BCUT2D eigenvalue weighted by molar-refractivity contribution is 0.0920. The van der Waals surface area contributed by atoms with Crippen molar-refractivity contribution < 1.29 is 14.0 Å². The second-order valence-electron chi connectivity index (χ2n) is 5.65. The van der Waals surface area contributed by atoms with Crippen molar-refractivity contribution in [3.63, 3.8) is 0 Å². The highest BCUT2D eigenvalue weighted by Crippen LogP contribution is 2.23. The molecule has 1 aliphatic heterocycles. The van der Waals surface area contributed by atoms with Gasteiger partial charge in [-0.3, -0.25) is 9.59 Å². The fourth-order valence-corrected chi connectivity index (χ4v) is 3.32. The van der Waals surface area contributed by atoms with Gasteiger partial charge in [0.1, 0.15) is 0 Å². The van der Waals surface area contributed by atoms with Gasteiger partial charge in [-0.05, 0) is 57.2 Å². The van der Waals surface area contributed by atoms with Gasteiger partial charge in [0.15, 0.2) is 5.76 Å². The van der Waals surface area contributed by atoms with Gasteiger partial charge in [-0.1, -0.05) is 0 Å². The topological polar surface area (TPSA) is 74.6 Å². The first-order chi connectivity index (χ1) is 11.1. The van der Waals surface area contributed by atoms with Crippen LogP contribution in [0.3, 0.4) is 0 Å². The van der Waals surface area contributed by atoms with Gasteiger partial charge in [0, 0.05) is 6.04 Å². The number of hydrogen-bond donors (Lipinski definition) is 2. The SMILES string of the molecule is CN1CCC(NC(=O)c2ccc(NC(=O)c3ccco3)s2)CC1. The number of anilines is 1. The summed E-state index contributed by atoms with van der Waals surface area (Å²) in [4.78, 5) is 27.0. The van der Waals surface area contributed by atoms with E-state index in [1.807, 2.05) is 0 Å². The van der Waals surface area contributed by atoms with E-state index in [4.69, 9.17) is 4.42 Å². The Bertz CT molecular complexity index is 673. The van der Waals surface area contributed by atoms with E-state index >= 15 is 0 Å². The Morgan fingerprint density at radius 1 is 1.22 bits per heavy atom. The number of amides is 2. The maximum atomic E-state index is 12.3. The normalized spacial score (nSPS) is 16.2. The second-order valence-corrected chi connectivity index (χ2v) is 6.73. The molecular weight excluding hydrogens is 314 g/mol. The van der Waals surface area contributed by atoms with Crippen LogP contribution >= 0.6 is 11.3 Å². The van der Waals surface area contributed by atoms with Crippen molar-refractivity contribution >= 4 is 28.2 Å². The van der Waals surface area contributed by atoms with Crippen molar-refractivity contribution in [1.82, 2.24) is 10.2 Å². The van der Waals surface area contributed by atoms with E-state index in [0.29, 0.717) is 9.88 Å². The zero-order valence-corrected chi connectivity index (χ0v) is 13.7. The fraction of sp³-hybridized carbons (Fsp3) is 0.375. The third-order valence-electron chi connectivity index (χ3n) is 3.87. The molecule has 6 nitrogen and oxygen atoms in total. The van der Waals surface area contributed by atoms with Gasteiger partial charge in [0.25, 0.3) is 11.8 Å². The summed E-state index contributed by atoms with van der Waals surface area (Å²) in [5.41, 5.74) is 0. The molecular formula is C16H19N3O3S. The molecule has 2 amide bonds. The molecule has 0 bridgehead atoms. The molecule has 1 saturated heterocycles. The second kappa shape index (κ2) is 6.97. The number of hydrogen-bond acceptors (Lipinski definition) is 5. The highest BCUT2D eigenvalue weighted by atomic mass is 32.1. The van der Waals surface area contributed by atoms with E-state index in [1.165, 1.54) is 17.6 Å². The molecule has 0 aromatic carbocycles. The van der Waals surface area contributed by atoms with Crippen LogP contribution in [0.1, 0.15) is 33.1 Å². The van der Waals surface area contributed by atoms with Crippen molar-refractivity contribution in [2.75, 3.05) is 25.5 Å². The summed E-state index contributed by atoms with van der Waals surface area (Å²) in [7, 11) is 2.09. The Kier molecular flexibility index (Phi) is 4.78. The van der Waals surface area contributed by atoms with Gasteiger partial charge in [-0.15, -0.1) is 11.3 Å². The minimum Gasteiger partial charge on any atom is -0.459 e. The lowest BCUT2D eigenvalue weighted by Gasteiger charge is -2.29. The highest BCUT2D eigenvalue weighted by molar-refractivity contribution is 7.18. The van der Waals surface area contributed by atoms with Crippen LogP contribution in [0.4, 0.5) is 5.00 Å². The zero-order valence-electron chi connectivity index (χ0n) is 12.9. The average molecular weight is 333 g/mol. The van der Waals surface area contributed by atoms with Crippen LogP contribution in [0.25, 0.3) is 0 Å². The molecule has 0 aliphatic carbocycles. The molecule has 0 radical (unpaired) electrons. The fourth-order valence-electron chi connectivity index (χ4n) is 2.52. The first-order valence-electron chi connectivity index (χ1n) is 7.56. The molecule has 1 aliphatic rings. The molecule has 0 atom stereocenters. The van der Waals surface area contributed by atoms with Crippen LogP contribution < -0.4 is 10.6 Å². The zero-order chi connectivity index (χ0) is 16.2. The lowest BCUT2D eigenvalue weighted by Crippen LogP contribution is -2.43. The first kappa shape index (κ1) is 15.8. The van der Waals surface area contributed by atoms with Gasteiger partial charge in [-0.2, -0.15) is 0 Å². The minimum atomic E-state index is -0.320. The Hall–Kier alpha value is -2.12. The van der Waals surface area contributed by atoms with Gasteiger partial charge in [-0.25, -0.2) is 0 Å². The summed E-state index contributed by atoms with van der Waals surface area (Å²) in [5.74, 6) is -0.155. The molecule has 0 saturated carbocycles. The Labute approximate surface area is 138 Å². The van der Waals surface area contributed by atoms with Crippen molar-refractivity contribution in [1.29, 1.82) is 0 Å². The summed E-state index contributed by atoms with van der Waals surface area (Å²) in [6.45, 7) is 2.00. The molecule has 2 aromatic rings. The van der Waals surface area contributed by atoms with Crippen molar-refractivity contribution in [2.45, 2.75) is 18.9 Å². The smallest absolute Gasteiger partial charge is 0.291 e. The van der Waals surface area contributed by atoms with Crippen LogP contribution in [-0.2, 0) is 0 Å². The summed E-state index contributed by atoms with van der Waals surface area (Å²) in [5, 5.41) is 6.42. The number of thiophene rings is 1. The van der Waals surface area contributed by atoms with E-state index in [2.05, 4.69) is 22.6 Å². The molecule has 122 valence electrons. The number of likely N-dealkylation sites (tertiary alicyclic amines) is 1. The van der Waals surface area contributed by atoms with E-state index < -0.39 is 0 Å². The van der Waals surface area contributed by atoms with E-state index in [9.17, 15) is 9.59 Å². The molecule has 23 heavy (non-hydrogen) atoms. The van der Waals surface area contributed by atoms with Crippen LogP contribution in [0.2, 0.25) is 0 Å². The van der Waals surface area contributed by atoms with Crippen LogP contribution in [0, 0.1) is 0 Å². The summed E-state index contributed by atoms with van der Waals surface area (Å²) < 4.78 is 5.04. The van der Waals surface area contributed by atoms with Crippen LogP contribution in [0.15, 0.2) is 34.9 Å². The monoisotopic (exact) mass is 333 g/mol. The van der Waals surface area contributed by atoms with Gasteiger partial charge >= 0.3 is 0 Å². The standard InChI is InChI=1S/C16H19N3O3S/c1-19-8-6-11(7-9-19)17-16(21)13-4-5-14(23-13)18-15(20)12-3-2-10-22-12/h2-5,10-11H,6-9H2,1H3,(H,17,21)(H,18,20). The molecule has 3 heterocycles. The molecule has 7 heteroatoms. The molecule has 2 N–H and O–H groups in total. The van der Waals surface area contributed by atoms with Crippen molar-refractivity contribution in [3.05, 3.63) is 41.2 Å². The number of carbonyl (C=O) groups excluding carboxylic acids is 2. The predicted octanol–water partition coefficient (Wildman–Crippen LogP) is 2.42. The Morgan fingerprint density at radius 3 is 2.70 bits per heavy atom. The number of carbonyl (C=O) groups is 2.